The fourth-order valence-corrected chi connectivity index (χ4v) is 0.194. The molecule has 1 aliphatic rings. The first-order valence-corrected chi connectivity index (χ1v) is 1.56. The van der Waals surface area contributed by atoms with E-state index in [1.165, 1.54) is 6.26 Å². The monoisotopic (exact) mass is 86.0 g/mol. The Morgan fingerprint density at radius 1 is 1.50 bits per heavy atom. The van der Waals surface area contributed by atoms with Gasteiger partial charge in [-0.25, -0.2) is 4.89 Å². The van der Waals surface area contributed by atoms with E-state index in [0.29, 0.717) is 0 Å². The van der Waals surface area contributed by atoms with Crippen molar-refractivity contribution in [3.05, 3.63) is 12.3 Å². The van der Waals surface area contributed by atoms with Gasteiger partial charge in [-0.1, -0.05) is 0 Å². The number of rotatable bonds is 0. The third kappa shape index (κ3) is 0.484. The second kappa shape index (κ2) is 1.45. The highest BCUT2D eigenvalue weighted by Crippen LogP contribution is 1.70. The van der Waals surface area contributed by atoms with Crippen molar-refractivity contribution >= 4 is 6.21 Å². The molecule has 0 saturated carbocycles. The van der Waals surface area contributed by atoms with Gasteiger partial charge in [-0.05, 0) is 4.99 Å². The molecule has 6 heavy (non-hydrogen) atoms. The molecule has 3 nitrogen and oxygen atoms in total. The summed E-state index contributed by atoms with van der Waals surface area (Å²) in [5.41, 5.74) is 0. The Morgan fingerprint density at radius 2 is 2.50 bits per heavy atom. The molecule has 0 spiro atoms. The van der Waals surface area contributed by atoms with Gasteiger partial charge in [-0.3, -0.25) is 0 Å². The zero-order valence-corrected chi connectivity index (χ0v) is 3.05. The molecule has 0 fully saturated rings. The molecular weight excluding hydrogens is 82.0 g/mol. The molecule has 0 aromatic carbocycles. The Hall–Kier alpha value is -0.990. The zero-order valence-electron chi connectivity index (χ0n) is 3.05. The lowest BCUT2D eigenvalue weighted by Gasteiger charge is -1.85. The number of hydrogen-bond donors (Lipinski definition) is 1. The summed E-state index contributed by atoms with van der Waals surface area (Å²) in [7, 11) is 0. The van der Waals surface area contributed by atoms with Crippen LogP contribution in [0.2, 0.25) is 0 Å². The van der Waals surface area contributed by atoms with Crippen molar-refractivity contribution in [1.29, 1.82) is 0 Å². The van der Waals surface area contributed by atoms with Gasteiger partial charge in [-0.2, -0.15) is 0 Å². The van der Waals surface area contributed by atoms with Crippen molar-refractivity contribution in [1.82, 2.24) is 0 Å². The first-order chi connectivity index (χ1) is 3.00. The van der Waals surface area contributed by atoms with E-state index >= 15 is 0 Å². The van der Waals surface area contributed by atoms with E-state index in [9.17, 15) is 0 Å². The van der Waals surface area contributed by atoms with Crippen molar-refractivity contribution in [2.24, 2.45) is 0 Å². The first-order valence-electron chi connectivity index (χ1n) is 1.56. The Bertz CT molecular complexity index is 74.8. The summed E-state index contributed by atoms with van der Waals surface area (Å²) in [6, 6.07) is 0. The summed E-state index contributed by atoms with van der Waals surface area (Å²) in [6.45, 7) is 0. The van der Waals surface area contributed by atoms with Crippen LogP contribution in [0.1, 0.15) is 0 Å². The molecule has 1 aliphatic heterocycles. The predicted octanol–water partition coefficient (Wildman–Crippen LogP) is -1.47. The highest BCUT2D eigenvalue weighted by molar-refractivity contribution is 5.64. The molecule has 1 rings (SSSR count). The molecule has 0 saturated heterocycles. The topological polar surface area (TPSA) is 32.4 Å². The van der Waals surface area contributed by atoms with Gasteiger partial charge < -0.3 is 0 Å². The molecule has 0 amide bonds. The smallest absolute Gasteiger partial charge is 0.221 e. The molecule has 1 N–H and O–H groups in total. The van der Waals surface area contributed by atoms with E-state index in [1.54, 1.807) is 12.3 Å². The van der Waals surface area contributed by atoms with Crippen LogP contribution < -0.4 is 5.16 Å². The van der Waals surface area contributed by atoms with Crippen LogP contribution in [0.4, 0.5) is 0 Å². The summed E-state index contributed by atoms with van der Waals surface area (Å²) in [4.78, 5) is 8.42. The molecule has 3 heteroatoms. The standard InChI is InChI=1S/C3H3NO2/c1-2-4-6-5-3-1/h1-3H/p+1. The molecule has 0 unspecified atom stereocenters. The average Bonchev–Trinajstić information content (AvgIpc) is 1.72. The fourth-order valence-electron chi connectivity index (χ4n) is 0.194. The molecule has 0 bridgehead atoms. The number of nitrogens with one attached hydrogen (secondary N) is 1. The van der Waals surface area contributed by atoms with Crippen LogP contribution in [-0.2, 0) is 9.88 Å². The molecule has 0 radical (unpaired) electrons. The zero-order chi connectivity index (χ0) is 4.24. The summed E-state index contributed by atoms with van der Waals surface area (Å²) in [5.74, 6) is 0. The lowest BCUT2D eigenvalue weighted by Crippen LogP contribution is -2.67. The van der Waals surface area contributed by atoms with Crippen LogP contribution in [-0.4, -0.2) is 6.21 Å². The van der Waals surface area contributed by atoms with Crippen LogP contribution >= 0.6 is 0 Å². The van der Waals surface area contributed by atoms with E-state index in [0.717, 1.165) is 0 Å². The van der Waals surface area contributed by atoms with E-state index in [-0.39, 0.29) is 0 Å². The molecular formula is C3H4NO2+. The Morgan fingerprint density at radius 3 is 2.67 bits per heavy atom. The minimum Gasteiger partial charge on any atom is -0.243 e. The van der Waals surface area contributed by atoms with Crippen molar-refractivity contribution in [3.8, 4) is 0 Å². The maximum Gasteiger partial charge on any atom is 0.221 e. The Balaban J connectivity index is 2.46. The minimum atomic E-state index is 1.43. The van der Waals surface area contributed by atoms with E-state index in [4.69, 9.17) is 0 Å². The average molecular weight is 86.1 g/mol. The van der Waals surface area contributed by atoms with Crippen molar-refractivity contribution in [2.75, 3.05) is 0 Å². The van der Waals surface area contributed by atoms with E-state index < -0.39 is 0 Å². The summed E-state index contributed by atoms with van der Waals surface area (Å²) >= 11 is 0. The van der Waals surface area contributed by atoms with Crippen molar-refractivity contribution in [2.45, 2.75) is 0 Å². The second-order valence-corrected chi connectivity index (χ2v) is 0.793. The van der Waals surface area contributed by atoms with Gasteiger partial charge in [0.25, 0.3) is 0 Å². The summed E-state index contributed by atoms with van der Waals surface area (Å²) in [6.07, 6.45) is 4.73. The van der Waals surface area contributed by atoms with Crippen molar-refractivity contribution in [3.63, 3.8) is 0 Å². The van der Waals surface area contributed by atoms with E-state index in [1.807, 2.05) is 0 Å². The van der Waals surface area contributed by atoms with E-state index in [2.05, 4.69) is 15.0 Å². The van der Waals surface area contributed by atoms with Gasteiger partial charge in [-0.15, -0.1) is 0 Å². The third-order valence-electron chi connectivity index (χ3n) is 0.395. The SMILES string of the molecule is C1=COO[NH+]=C1. The first kappa shape index (κ1) is 3.21. The largest absolute Gasteiger partial charge is 0.243 e. The Labute approximate surface area is 34.8 Å². The van der Waals surface area contributed by atoms with Gasteiger partial charge in [0.2, 0.25) is 6.21 Å². The summed E-state index contributed by atoms with van der Waals surface area (Å²) in [5, 5.41) is 2.35. The Kier molecular flexibility index (Phi) is 0.774. The van der Waals surface area contributed by atoms with Crippen LogP contribution in [0.15, 0.2) is 12.3 Å². The molecule has 0 aliphatic carbocycles. The predicted molar refractivity (Wildman–Crippen MR) is 18.3 cm³/mol. The van der Waals surface area contributed by atoms with Crippen molar-refractivity contribution < 1.29 is 15.0 Å². The highest BCUT2D eigenvalue weighted by Gasteiger charge is 1.84. The lowest BCUT2D eigenvalue weighted by molar-refractivity contribution is -0.841. The van der Waals surface area contributed by atoms with Crippen LogP contribution in [0.3, 0.4) is 0 Å². The van der Waals surface area contributed by atoms with Gasteiger partial charge in [0.05, 0.1) is 0 Å². The number of hydrogen-bond acceptors (Lipinski definition) is 2. The minimum absolute atomic E-state index is 1.43. The molecule has 0 aromatic heterocycles. The van der Waals surface area contributed by atoms with Crippen LogP contribution in [0.5, 0.6) is 0 Å². The summed E-state index contributed by atoms with van der Waals surface area (Å²) < 4.78 is 0. The normalized spacial score (nSPS) is 16.0. The fraction of sp³-hybridized carbons (Fsp3) is 0. The van der Waals surface area contributed by atoms with Gasteiger partial charge in [0.1, 0.15) is 0 Å². The van der Waals surface area contributed by atoms with Gasteiger partial charge >= 0.3 is 0 Å². The van der Waals surface area contributed by atoms with Crippen LogP contribution in [0, 0.1) is 0 Å². The molecule has 1 heterocycles. The third-order valence-corrected chi connectivity index (χ3v) is 0.395. The molecule has 0 atom stereocenters. The lowest BCUT2D eigenvalue weighted by atomic mass is 10.7. The molecule has 0 aromatic rings. The van der Waals surface area contributed by atoms with Crippen LogP contribution in [0.25, 0.3) is 0 Å². The maximum atomic E-state index is 4.25. The maximum absolute atomic E-state index is 4.25. The highest BCUT2D eigenvalue weighted by atomic mass is 17.3. The molecule has 32 valence electrons. The number of allylic oxidation sites excluding steroid dienone is 1. The van der Waals surface area contributed by atoms with Gasteiger partial charge in [0.15, 0.2) is 6.26 Å². The van der Waals surface area contributed by atoms with Gasteiger partial charge in [0, 0.05) is 11.2 Å². The quantitative estimate of drug-likeness (QED) is 0.365. The second-order valence-electron chi connectivity index (χ2n) is 0.793.